The Balaban J connectivity index is 2.03. The van der Waals surface area contributed by atoms with E-state index in [2.05, 4.69) is 40.7 Å². The van der Waals surface area contributed by atoms with Crippen molar-refractivity contribution in [1.82, 2.24) is 14.8 Å². The van der Waals surface area contributed by atoms with Crippen molar-refractivity contribution < 1.29 is 0 Å². The highest BCUT2D eigenvalue weighted by molar-refractivity contribution is 7.83. The van der Waals surface area contributed by atoms with E-state index in [1.807, 2.05) is 32.2 Å². The number of aryl methyl sites for hydroxylation is 2. The molecule has 0 N–H and O–H groups in total. The van der Waals surface area contributed by atoms with Crippen LogP contribution >= 0.6 is 12.6 Å². The number of aromatic nitrogens is 3. The average molecular weight is 399 g/mol. The Morgan fingerprint density at radius 2 is 2.14 bits per heavy atom. The number of allylic oxidation sites excluding steroid dienone is 2. The van der Waals surface area contributed by atoms with Crippen LogP contribution < -0.4 is 9.80 Å². The molecule has 2 aromatic heterocycles. The number of anilines is 3. The summed E-state index contributed by atoms with van der Waals surface area (Å²) in [4.78, 5) is 20.3. The Kier molecular flexibility index (Phi) is 6.18. The number of thiol groups is 1. The highest BCUT2D eigenvalue weighted by Crippen LogP contribution is 2.38. The molecule has 1 atom stereocenters. The Morgan fingerprint density at radius 3 is 2.79 bits per heavy atom. The molecule has 28 heavy (non-hydrogen) atoms. The van der Waals surface area contributed by atoms with Crippen molar-refractivity contribution in [3.05, 3.63) is 57.6 Å². The van der Waals surface area contributed by atoms with Crippen LogP contribution in [0.5, 0.6) is 0 Å². The van der Waals surface area contributed by atoms with E-state index < -0.39 is 6.04 Å². The van der Waals surface area contributed by atoms with Gasteiger partial charge in [-0.2, -0.15) is 17.7 Å². The number of rotatable bonds is 6. The zero-order chi connectivity index (χ0) is 20.3. The summed E-state index contributed by atoms with van der Waals surface area (Å²) >= 11 is 4.03. The maximum Gasteiger partial charge on any atom is 0.158 e. The van der Waals surface area contributed by atoms with Crippen LogP contribution in [-0.4, -0.2) is 35.4 Å². The molecule has 3 heterocycles. The van der Waals surface area contributed by atoms with E-state index >= 15 is 0 Å². The summed E-state index contributed by atoms with van der Waals surface area (Å²) in [5.41, 5.74) is 4.10. The molecule has 0 amide bonds. The average Bonchev–Trinajstić information content (AvgIpc) is 3.01. The lowest BCUT2D eigenvalue weighted by Crippen LogP contribution is -2.26. The largest absolute Gasteiger partial charge is 0.363 e. The third kappa shape index (κ3) is 3.82. The minimum Gasteiger partial charge on any atom is -0.363 e. The van der Waals surface area contributed by atoms with Crippen LogP contribution in [-0.2, 0) is 13.5 Å². The van der Waals surface area contributed by atoms with Crippen LogP contribution in [0, 0.1) is 11.8 Å². The SMILES string of the molecule is Cc1cc(N(C)C)ncc1N1CCCc2c1nn(C)c2C(/C=C/C=C\S)N=O. The van der Waals surface area contributed by atoms with Crippen LogP contribution in [0.1, 0.15) is 29.3 Å². The molecule has 1 aliphatic rings. The quantitative estimate of drug-likeness (QED) is 0.451. The maximum atomic E-state index is 11.5. The highest BCUT2D eigenvalue weighted by atomic mass is 32.1. The second kappa shape index (κ2) is 8.60. The first-order valence-electron chi connectivity index (χ1n) is 9.25. The molecule has 2 aromatic rings. The minimum absolute atomic E-state index is 0.582. The third-order valence-electron chi connectivity index (χ3n) is 4.94. The van der Waals surface area contributed by atoms with Gasteiger partial charge in [0.2, 0.25) is 0 Å². The van der Waals surface area contributed by atoms with Gasteiger partial charge in [-0.15, -0.1) is 4.91 Å². The number of hydrogen-bond acceptors (Lipinski definition) is 7. The summed E-state index contributed by atoms with van der Waals surface area (Å²) in [6.45, 7) is 2.95. The van der Waals surface area contributed by atoms with Crippen molar-refractivity contribution >= 4 is 30.0 Å². The smallest absolute Gasteiger partial charge is 0.158 e. The standard InChI is InChI=1S/C20H26N6OS/c1-14-12-18(24(2)3)21-13-17(14)26-10-7-8-15-19(25(4)22-20(15)26)16(23-27)9-5-6-11-28/h5-6,9,11-13,16,28H,7-8,10H2,1-4H3/b9-5+,11-6-. The second-order valence-electron chi connectivity index (χ2n) is 7.07. The summed E-state index contributed by atoms with van der Waals surface area (Å²) in [5.74, 6) is 1.81. The number of fused-ring (bicyclic) bond motifs is 1. The lowest BCUT2D eigenvalue weighted by atomic mass is 10.00. The Bertz CT molecular complexity index is 918. The van der Waals surface area contributed by atoms with Crippen molar-refractivity contribution in [3.63, 3.8) is 0 Å². The van der Waals surface area contributed by atoms with E-state index in [1.54, 1.807) is 28.3 Å². The predicted octanol–water partition coefficient (Wildman–Crippen LogP) is 4.08. The molecular formula is C20H26N6OS. The summed E-state index contributed by atoms with van der Waals surface area (Å²) in [5, 5.41) is 9.69. The second-order valence-corrected chi connectivity index (χ2v) is 7.36. The monoisotopic (exact) mass is 398 g/mol. The molecule has 0 fully saturated rings. The van der Waals surface area contributed by atoms with Gasteiger partial charge in [0.15, 0.2) is 11.9 Å². The van der Waals surface area contributed by atoms with Gasteiger partial charge in [-0.05, 0) is 36.8 Å². The molecule has 1 unspecified atom stereocenters. The Morgan fingerprint density at radius 1 is 1.36 bits per heavy atom. The van der Waals surface area contributed by atoms with E-state index in [1.165, 1.54) is 0 Å². The van der Waals surface area contributed by atoms with Crippen molar-refractivity contribution in [2.24, 2.45) is 12.2 Å². The first kappa shape index (κ1) is 20.1. The van der Waals surface area contributed by atoms with Crippen LogP contribution in [0.2, 0.25) is 0 Å². The fraction of sp³-hybridized carbons (Fsp3) is 0.400. The molecule has 0 spiro atoms. The molecule has 7 nitrogen and oxygen atoms in total. The van der Waals surface area contributed by atoms with Gasteiger partial charge in [-0.25, -0.2) is 4.98 Å². The van der Waals surface area contributed by atoms with Gasteiger partial charge in [0, 0.05) is 33.3 Å². The molecule has 148 valence electrons. The van der Waals surface area contributed by atoms with Gasteiger partial charge in [0.05, 0.1) is 17.6 Å². The van der Waals surface area contributed by atoms with Crippen LogP contribution in [0.4, 0.5) is 17.3 Å². The molecule has 0 aliphatic carbocycles. The van der Waals surface area contributed by atoms with Crippen molar-refractivity contribution in [1.29, 1.82) is 0 Å². The van der Waals surface area contributed by atoms with Crippen molar-refractivity contribution in [3.8, 4) is 0 Å². The number of nitroso groups, excluding NO2 is 1. The summed E-state index contributed by atoms with van der Waals surface area (Å²) in [7, 11) is 5.83. The van der Waals surface area contributed by atoms with Gasteiger partial charge in [0.1, 0.15) is 5.82 Å². The van der Waals surface area contributed by atoms with E-state index in [0.29, 0.717) is 0 Å². The Hall–Kier alpha value is -2.61. The maximum absolute atomic E-state index is 11.5. The fourth-order valence-corrected chi connectivity index (χ4v) is 3.70. The molecule has 3 rings (SSSR count). The normalized spacial score (nSPS) is 15.2. The number of hydrogen-bond donors (Lipinski definition) is 1. The van der Waals surface area contributed by atoms with Crippen molar-refractivity contribution in [2.45, 2.75) is 25.8 Å². The fourth-order valence-electron chi connectivity index (χ4n) is 3.60. The molecule has 0 aromatic carbocycles. The van der Waals surface area contributed by atoms with E-state index in [0.717, 1.165) is 53.5 Å². The zero-order valence-electron chi connectivity index (χ0n) is 16.7. The molecule has 0 bridgehead atoms. The number of pyridine rings is 1. The van der Waals surface area contributed by atoms with E-state index in [-0.39, 0.29) is 0 Å². The van der Waals surface area contributed by atoms with Crippen LogP contribution in [0.25, 0.3) is 0 Å². The van der Waals surface area contributed by atoms with Crippen LogP contribution in [0.3, 0.4) is 0 Å². The first-order valence-corrected chi connectivity index (χ1v) is 9.76. The highest BCUT2D eigenvalue weighted by Gasteiger charge is 2.30. The zero-order valence-corrected chi connectivity index (χ0v) is 17.6. The topological polar surface area (TPSA) is 66.6 Å². The van der Waals surface area contributed by atoms with Gasteiger partial charge >= 0.3 is 0 Å². The van der Waals surface area contributed by atoms with Crippen LogP contribution in [0.15, 0.2) is 41.1 Å². The van der Waals surface area contributed by atoms with E-state index in [4.69, 9.17) is 5.10 Å². The lowest BCUT2D eigenvalue weighted by molar-refractivity contribution is 0.677. The van der Waals surface area contributed by atoms with Gasteiger partial charge < -0.3 is 9.80 Å². The molecule has 1 aliphatic heterocycles. The van der Waals surface area contributed by atoms with E-state index in [9.17, 15) is 4.91 Å². The Labute approximate surface area is 171 Å². The molecule has 0 saturated heterocycles. The summed E-state index contributed by atoms with van der Waals surface area (Å²) < 4.78 is 1.78. The predicted molar refractivity (Wildman–Crippen MR) is 118 cm³/mol. The molecule has 0 saturated carbocycles. The number of nitrogens with zero attached hydrogens (tertiary/aromatic N) is 6. The minimum atomic E-state index is -0.582. The molecule has 8 heteroatoms. The molecular weight excluding hydrogens is 372 g/mol. The summed E-state index contributed by atoms with van der Waals surface area (Å²) in [6, 6.07) is 1.50. The van der Waals surface area contributed by atoms with Gasteiger partial charge in [-0.1, -0.05) is 23.4 Å². The lowest BCUT2D eigenvalue weighted by Gasteiger charge is -2.29. The van der Waals surface area contributed by atoms with Crippen molar-refractivity contribution in [2.75, 3.05) is 30.4 Å². The first-order chi connectivity index (χ1) is 13.5. The third-order valence-corrected chi connectivity index (χ3v) is 5.11. The van der Waals surface area contributed by atoms with Gasteiger partial charge in [0.25, 0.3) is 0 Å². The molecule has 0 radical (unpaired) electrons. The van der Waals surface area contributed by atoms with Gasteiger partial charge in [-0.3, -0.25) is 4.68 Å². The summed E-state index contributed by atoms with van der Waals surface area (Å²) in [6.07, 6.45) is 9.08.